The maximum Gasteiger partial charge on any atom is 0.255 e. The number of nitrogens with two attached hydrogens (primary N) is 1. The molecule has 3 rings (SSSR count). The Kier molecular flexibility index (Phi) is 6.68. The number of amides is 1. The van der Waals surface area contributed by atoms with Gasteiger partial charge in [-0.25, -0.2) is 0 Å². The molecule has 2 atom stereocenters. The highest BCUT2D eigenvalue weighted by Gasteiger charge is 2.29. The van der Waals surface area contributed by atoms with Crippen LogP contribution in [0.2, 0.25) is 5.02 Å². The van der Waals surface area contributed by atoms with E-state index in [1.165, 1.54) is 6.07 Å². The minimum atomic E-state index is -0.445. The number of fused-ring (bicyclic) bond motifs is 1. The van der Waals surface area contributed by atoms with Crippen LogP contribution in [0.3, 0.4) is 0 Å². The Morgan fingerprint density at radius 2 is 2.15 bits per heavy atom. The number of halogens is 1. The first-order chi connectivity index (χ1) is 13.0. The number of carbonyl (C=O) groups excluding carboxylic acids is 1. The number of anilines is 1. The average Bonchev–Trinajstić information content (AvgIpc) is 2.68. The molecule has 0 spiro atoms. The van der Waals surface area contributed by atoms with Crippen LogP contribution >= 0.6 is 11.6 Å². The molecule has 27 heavy (non-hydrogen) atoms. The summed E-state index contributed by atoms with van der Waals surface area (Å²) >= 11 is 6.16. The highest BCUT2D eigenvalue weighted by atomic mass is 35.5. The SMILES string of the molecule is CCCCN1CC[C@@H](CNC(=O)c2cc(N)c(Cl)c3c2OCCO3)[C@H](O)C1. The van der Waals surface area contributed by atoms with Gasteiger partial charge in [-0.05, 0) is 32.0 Å². The summed E-state index contributed by atoms with van der Waals surface area (Å²) < 4.78 is 11.1. The fraction of sp³-hybridized carbons (Fsp3) is 0.632. The first-order valence-corrected chi connectivity index (χ1v) is 9.95. The monoisotopic (exact) mass is 397 g/mol. The average molecular weight is 398 g/mol. The molecule has 2 aliphatic heterocycles. The molecule has 1 fully saturated rings. The number of nitrogen functional groups attached to an aromatic ring is 1. The van der Waals surface area contributed by atoms with Crippen molar-refractivity contribution < 1.29 is 19.4 Å². The summed E-state index contributed by atoms with van der Waals surface area (Å²) in [5.41, 5.74) is 6.49. The number of piperidine rings is 1. The van der Waals surface area contributed by atoms with Crippen molar-refractivity contribution in [1.29, 1.82) is 0 Å². The van der Waals surface area contributed by atoms with Crippen LogP contribution in [0.4, 0.5) is 5.69 Å². The topological polar surface area (TPSA) is 97.1 Å². The Morgan fingerprint density at radius 1 is 1.41 bits per heavy atom. The molecule has 0 saturated carbocycles. The summed E-state index contributed by atoms with van der Waals surface area (Å²) in [5, 5.41) is 13.6. The highest BCUT2D eigenvalue weighted by Crippen LogP contribution is 2.43. The van der Waals surface area contributed by atoms with E-state index in [0.717, 1.165) is 32.4 Å². The number of hydrogen-bond acceptors (Lipinski definition) is 6. The van der Waals surface area contributed by atoms with Crippen LogP contribution in [-0.4, -0.2) is 61.4 Å². The smallest absolute Gasteiger partial charge is 0.255 e. The number of carbonyl (C=O) groups is 1. The van der Waals surface area contributed by atoms with E-state index in [1.807, 2.05) is 0 Å². The molecule has 150 valence electrons. The molecule has 1 amide bonds. The zero-order valence-electron chi connectivity index (χ0n) is 15.7. The summed E-state index contributed by atoms with van der Waals surface area (Å²) in [7, 11) is 0. The minimum absolute atomic E-state index is 0.0319. The molecule has 1 saturated heterocycles. The third-order valence-corrected chi connectivity index (χ3v) is 5.57. The summed E-state index contributed by atoms with van der Waals surface area (Å²) in [5.74, 6) is 0.371. The molecule has 2 heterocycles. The molecular formula is C19H28ClN3O4. The van der Waals surface area contributed by atoms with Gasteiger partial charge in [0.05, 0.1) is 17.4 Å². The molecule has 0 unspecified atom stereocenters. The molecule has 1 aromatic carbocycles. The standard InChI is InChI=1S/C19H28ClN3O4/c1-2-3-5-23-6-4-12(15(24)11-23)10-22-19(25)13-9-14(21)16(20)18-17(13)26-7-8-27-18/h9,12,15,24H,2-8,10-11,21H2,1H3,(H,22,25)/t12-,15+/m0/s1. The van der Waals surface area contributed by atoms with Crippen molar-refractivity contribution >= 4 is 23.2 Å². The number of benzene rings is 1. The number of hydrogen-bond donors (Lipinski definition) is 3. The van der Waals surface area contributed by atoms with Gasteiger partial charge in [-0.3, -0.25) is 4.79 Å². The molecule has 8 heteroatoms. The lowest BCUT2D eigenvalue weighted by Gasteiger charge is -2.36. The number of unbranched alkanes of at least 4 members (excludes halogenated alkanes) is 1. The first-order valence-electron chi connectivity index (χ1n) is 9.57. The van der Waals surface area contributed by atoms with Crippen molar-refractivity contribution in [2.75, 3.05) is 45.1 Å². The Balaban J connectivity index is 1.61. The predicted molar refractivity (Wildman–Crippen MR) is 105 cm³/mol. The fourth-order valence-corrected chi connectivity index (χ4v) is 3.75. The quantitative estimate of drug-likeness (QED) is 0.634. The molecule has 1 aromatic rings. The third-order valence-electron chi connectivity index (χ3n) is 5.18. The zero-order chi connectivity index (χ0) is 19.4. The first kappa shape index (κ1) is 20.0. The second-order valence-corrected chi connectivity index (χ2v) is 7.54. The lowest BCUT2D eigenvalue weighted by atomic mass is 9.93. The van der Waals surface area contributed by atoms with Crippen molar-refractivity contribution in [3.8, 4) is 11.5 Å². The number of ether oxygens (including phenoxy) is 2. The molecule has 0 aromatic heterocycles. The van der Waals surface area contributed by atoms with Crippen LogP contribution in [0, 0.1) is 5.92 Å². The van der Waals surface area contributed by atoms with Crippen LogP contribution in [0.1, 0.15) is 36.5 Å². The van der Waals surface area contributed by atoms with Crippen molar-refractivity contribution in [2.24, 2.45) is 5.92 Å². The maximum absolute atomic E-state index is 12.7. The lowest BCUT2D eigenvalue weighted by molar-refractivity contribution is 0.0217. The molecule has 7 nitrogen and oxygen atoms in total. The number of nitrogens with one attached hydrogen (secondary N) is 1. The van der Waals surface area contributed by atoms with Gasteiger partial charge in [-0.2, -0.15) is 0 Å². The molecular weight excluding hydrogens is 370 g/mol. The van der Waals surface area contributed by atoms with Crippen molar-refractivity contribution in [3.05, 3.63) is 16.7 Å². The number of likely N-dealkylation sites (tertiary alicyclic amines) is 1. The van der Waals surface area contributed by atoms with Crippen LogP contribution < -0.4 is 20.5 Å². The van der Waals surface area contributed by atoms with E-state index in [2.05, 4.69) is 17.1 Å². The maximum atomic E-state index is 12.7. The fourth-order valence-electron chi connectivity index (χ4n) is 3.55. The van der Waals surface area contributed by atoms with Crippen molar-refractivity contribution in [2.45, 2.75) is 32.3 Å². The van der Waals surface area contributed by atoms with Gasteiger partial charge in [0.1, 0.15) is 18.2 Å². The van der Waals surface area contributed by atoms with Gasteiger partial charge >= 0.3 is 0 Å². The molecule has 0 radical (unpaired) electrons. The Bertz CT molecular complexity index is 685. The van der Waals surface area contributed by atoms with E-state index in [4.69, 9.17) is 26.8 Å². The second-order valence-electron chi connectivity index (χ2n) is 7.16. The van der Waals surface area contributed by atoms with Crippen molar-refractivity contribution in [1.82, 2.24) is 10.2 Å². The van der Waals surface area contributed by atoms with E-state index >= 15 is 0 Å². The van der Waals surface area contributed by atoms with Gasteiger partial charge in [0.25, 0.3) is 5.91 Å². The summed E-state index contributed by atoms with van der Waals surface area (Å²) in [6.45, 7) is 5.89. The lowest BCUT2D eigenvalue weighted by Crippen LogP contribution is -2.47. The third kappa shape index (κ3) is 4.59. The number of aliphatic hydroxyl groups excluding tert-OH is 1. The van der Waals surface area contributed by atoms with Crippen molar-refractivity contribution in [3.63, 3.8) is 0 Å². The normalized spacial score (nSPS) is 22.5. The number of β-amino-alcohol motifs (C(OH)–C–C–N with tert-alkyl or cyclic N) is 1. The van der Waals surface area contributed by atoms with Gasteiger partial charge < -0.3 is 30.5 Å². The summed E-state index contributed by atoms with van der Waals surface area (Å²) in [6, 6.07) is 1.51. The van der Waals surface area contributed by atoms with E-state index in [9.17, 15) is 9.90 Å². The largest absolute Gasteiger partial charge is 0.485 e. The number of nitrogens with zero attached hydrogens (tertiary/aromatic N) is 1. The van der Waals surface area contributed by atoms with Gasteiger partial charge in [-0.1, -0.05) is 24.9 Å². The predicted octanol–water partition coefficient (Wildman–Crippen LogP) is 1.91. The number of aliphatic hydroxyl groups is 1. The Morgan fingerprint density at radius 3 is 2.85 bits per heavy atom. The van der Waals surface area contributed by atoms with Crippen LogP contribution in [0.25, 0.3) is 0 Å². The van der Waals surface area contributed by atoms with Gasteiger partial charge in [0, 0.05) is 19.0 Å². The Hall–Kier alpha value is -1.70. The summed E-state index contributed by atoms with van der Waals surface area (Å²) in [4.78, 5) is 15.0. The zero-order valence-corrected chi connectivity index (χ0v) is 16.4. The van der Waals surface area contributed by atoms with E-state index in [0.29, 0.717) is 43.4 Å². The van der Waals surface area contributed by atoms with Gasteiger partial charge in [0.15, 0.2) is 11.5 Å². The minimum Gasteiger partial charge on any atom is -0.485 e. The summed E-state index contributed by atoms with van der Waals surface area (Å²) in [6.07, 6.45) is 2.69. The Labute approximate surface area is 164 Å². The number of rotatable bonds is 6. The van der Waals surface area contributed by atoms with E-state index < -0.39 is 6.10 Å². The van der Waals surface area contributed by atoms with Crippen LogP contribution in [0.15, 0.2) is 6.07 Å². The molecule has 0 aliphatic carbocycles. The molecule has 0 bridgehead atoms. The van der Waals surface area contributed by atoms with Crippen LogP contribution in [0.5, 0.6) is 11.5 Å². The second kappa shape index (κ2) is 8.99. The van der Waals surface area contributed by atoms with Gasteiger partial charge in [0.2, 0.25) is 0 Å². The van der Waals surface area contributed by atoms with Gasteiger partial charge in [-0.15, -0.1) is 0 Å². The highest BCUT2D eigenvalue weighted by molar-refractivity contribution is 6.35. The molecule has 2 aliphatic rings. The van der Waals surface area contributed by atoms with Crippen LogP contribution in [-0.2, 0) is 0 Å². The molecule has 4 N–H and O–H groups in total. The van der Waals surface area contributed by atoms with E-state index in [1.54, 1.807) is 0 Å². The van der Waals surface area contributed by atoms with E-state index in [-0.39, 0.29) is 22.5 Å².